The van der Waals surface area contributed by atoms with Crippen LogP contribution in [0.1, 0.15) is 39.0 Å². The van der Waals surface area contributed by atoms with E-state index in [0.717, 1.165) is 57.7 Å². The van der Waals surface area contributed by atoms with Crippen LogP contribution >= 0.6 is 11.3 Å². The fraction of sp³-hybridized carbons (Fsp3) is 0.348. The summed E-state index contributed by atoms with van der Waals surface area (Å²) in [6.07, 6.45) is 3.91. The van der Waals surface area contributed by atoms with Crippen molar-refractivity contribution in [2.75, 3.05) is 0 Å². The molecule has 0 bridgehead atoms. The Labute approximate surface area is 184 Å². The second-order valence-corrected chi connectivity index (χ2v) is 9.50. The van der Waals surface area contributed by atoms with Crippen molar-refractivity contribution in [3.8, 4) is 22.6 Å². The number of carbonyl (C=O) groups is 1. The standard InChI is InChI=1S/C23H24N6OS/c1-14-21(25-15(2)31-14)18-13-24-28(3)22(18)19(30)11-16-9-10-29-20(12-16)26-23(27-29)17-7-5-4-6-8-17/h4-8,13,16H,9-12H2,1-3H3. The first kappa shape index (κ1) is 19.8. The Morgan fingerprint density at radius 1 is 1.19 bits per heavy atom. The minimum absolute atomic E-state index is 0.112. The predicted octanol–water partition coefficient (Wildman–Crippen LogP) is 4.25. The van der Waals surface area contributed by atoms with E-state index in [2.05, 4.69) is 15.2 Å². The Morgan fingerprint density at radius 3 is 2.74 bits per heavy atom. The van der Waals surface area contributed by atoms with Crippen LogP contribution in [0, 0.1) is 19.8 Å². The van der Waals surface area contributed by atoms with Crippen LogP contribution in [-0.4, -0.2) is 35.3 Å². The molecule has 5 rings (SSSR count). The van der Waals surface area contributed by atoms with Crippen molar-refractivity contribution in [1.82, 2.24) is 29.5 Å². The predicted molar refractivity (Wildman–Crippen MR) is 120 cm³/mol. The maximum atomic E-state index is 13.3. The van der Waals surface area contributed by atoms with E-state index < -0.39 is 0 Å². The number of benzene rings is 1. The topological polar surface area (TPSA) is 78.5 Å². The van der Waals surface area contributed by atoms with E-state index in [0.29, 0.717) is 12.1 Å². The molecule has 4 heterocycles. The fourth-order valence-electron chi connectivity index (χ4n) is 4.33. The van der Waals surface area contributed by atoms with Gasteiger partial charge in [0.15, 0.2) is 11.6 Å². The summed E-state index contributed by atoms with van der Waals surface area (Å²) in [6, 6.07) is 10.0. The largest absolute Gasteiger partial charge is 0.292 e. The van der Waals surface area contributed by atoms with E-state index in [1.165, 1.54) is 0 Å². The zero-order valence-corrected chi connectivity index (χ0v) is 18.7. The Morgan fingerprint density at radius 2 is 2.00 bits per heavy atom. The van der Waals surface area contributed by atoms with Gasteiger partial charge in [0.05, 0.1) is 22.5 Å². The van der Waals surface area contributed by atoms with Gasteiger partial charge in [0.2, 0.25) is 0 Å². The smallest absolute Gasteiger partial charge is 0.181 e. The lowest BCUT2D eigenvalue weighted by atomic mass is 9.91. The Hall–Kier alpha value is -3.13. The number of hydrogen-bond acceptors (Lipinski definition) is 6. The summed E-state index contributed by atoms with van der Waals surface area (Å²) >= 11 is 1.64. The maximum Gasteiger partial charge on any atom is 0.181 e. The van der Waals surface area contributed by atoms with Crippen molar-refractivity contribution in [3.05, 3.63) is 57.9 Å². The maximum absolute atomic E-state index is 13.3. The van der Waals surface area contributed by atoms with Gasteiger partial charge in [-0.25, -0.2) is 14.6 Å². The highest BCUT2D eigenvalue weighted by atomic mass is 32.1. The van der Waals surface area contributed by atoms with E-state index in [-0.39, 0.29) is 11.7 Å². The molecule has 4 aromatic rings. The molecule has 0 fully saturated rings. The van der Waals surface area contributed by atoms with E-state index in [4.69, 9.17) is 4.98 Å². The molecule has 7 nitrogen and oxygen atoms in total. The third-order valence-electron chi connectivity index (χ3n) is 5.84. The van der Waals surface area contributed by atoms with Gasteiger partial charge in [-0.05, 0) is 26.2 Å². The number of fused-ring (bicyclic) bond motifs is 1. The molecule has 0 radical (unpaired) electrons. The minimum atomic E-state index is 0.112. The van der Waals surface area contributed by atoms with Gasteiger partial charge in [0.1, 0.15) is 11.5 Å². The van der Waals surface area contributed by atoms with Crippen LogP contribution in [-0.2, 0) is 20.0 Å². The van der Waals surface area contributed by atoms with E-state index in [9.17, 15) is 4.79 Å². The molecule has 0 N–H and O–H groups in total. The number of thiazole rings is 1. The molecule has 1 aliphatic rings. The van der Waals surface area contributed by atoms with Crippen LogP contribution in [0.15, 0.2) is 36.5 Å². The van der Waals surface area contributed by atoms with Crippen LogP contribution in [0.25, 0.3) is 22.6 Å². The normalized spacial score (nSPS) is 15.8. The molecule has 1 aliphatic heterocycles. The summed E-state index contributed by atoms with van der Waals surface area (Å²) in [5.41, 5.74) is 3.37. The van der Waals surface area contributed by atoms with Crippen molar-refractivity contribution in [2.45, 2.75) is 39.7 Å². The number of hydrogen-bond donors (Lipinski definition) is 0. The SMILES string of the molecule is Cc1nc(-c2cnn(C)c2C(=O)CC2CCn3nc(-c4ccccc4)nc3C2)c(C)s1. The molecule has 0 amide bonds. The van der Waals surface area contributed by atoms with Gasteiger partial charge in [-0.2, -0.15) is 10.2 Å². The minimum Gasteiger partial charge on any atom is -0.292 e. The van der Waals surface area contributed by atoms with Gasteiger partial charge >= 0.3 is 0 Å². The van der Waals surface area contributed by atoms with Crippen LogP contribution in [0.4, 0.5) is 0 Å². The van der Waals surface area contributed by atoms with Gasteiger partial charge < -0.3 is 0 Å². The molecule has 0 aliphatic carbocycles. The first-order valence-corrected chi connectivity index (χ1v) is 11.3. The lowest BCUT2D eigenvalue weighted by Crippen LogP contribution is -2.23. The van der Waals surface area contributed by atoms with Crippen LogP contribution in [0.2, 0.25) is 0 Å². The summed E-state index contributed by atoms with van der Waals surface area (Å²) in [5.74, 6) is 2.07. The molecular formula is C23H24N6OS. The van der Waals surface area contributed by atoms with Gasteiger partial charge in [-0.15, -0.1) is 11.3 Å². The molecule has 0 saturated heterocycles. The average Bonchev–Trinajstić information content (AvgIpc) is 3.44. The van der Waals surface area contributed by atoms with Crippen molar-refractivity contribution >= 4 is 17.1 Å². The number of aryl methyl sites for hydroxylation is 4. The highest BCUT2D eigenvalue weighted by Crippen LogP contribution is 2.32. The van der Waals surface area contributed by atoms with Crippen LogP contribution in [0.5, 0.6) is 0 Å². The highest BCUT2D eigenvalue weighted by Gasteiger charge is 2.28. The van der Waals surface area contributed by atoms with Crippen molar-refractivity contribution in [2.24, 2.45) is 13.0 Å². The van der Waals surface area contributed by atoms with Crippen molar-refractivity contribution < 1.29 is 4.79 Å². The number of carbonyl (C=O) groups excluding carboxylic acids is 1. The summed E-state index contributed by atoms with van der Waals surface area (Å²) < 4.78 is 3.67. The Bertz CT molecular complexity index is 1250. The molecule has 31 heavy (non-hydrogen) atoms. The molecule has 0 spiro atoms. The number of aromatic nitrogens is 6. The van der Waals surface area contributed by atoms with Crippen molar-refractivity contribution in [3.63, 3.8) is 0 Å². The van der Waals surface area contributed by atoms with Crippen LogP contribution < -0.4 is 0 Å². The third-order valence-corrected chi connectivity index (χ3v) is 6.72. The molecule has 3 aromatic heterocycles. The monoisotopic (exact) mass is 432 g/mol. The van der Waals surface area contributed by atoms with Gasteiger partial charge in [-0.3, -0.25) is 9.48 Å². The highest BCUT2D eigenvalue weighted by molar-refractivity contribution is 7.11. The van der Waals surface area contributed by atoms with E-state index >= 15 is 0 Å². The van der Waals surface area contributed by atoms with Crippen molar-refractivity contribution in [1.29, 1.82) is 0 Å². The molecule has 1 atom stereocenters. The fourth-order valence-corrected chi connectivity index (χ4v) is 5.16. The molecule has 158 valence electrons. The number of nitrogens with zero attached hydrogens (tertiary/aromatic N) is 6. The average molecular weight is 433 g/mol. The lowest BCUT2D eigenvalue weighted by Gasteiger charge is -2.21. The molecule has 1 unspecified atom stereocenters. The Balaban J connectivity index is 1.36. The summed E-state index contributed by atoms with van der Waals surface area (Å²) in [5, 5.41) is 10.0. The van der Waals surface area contributed by atoms with Crippen LogP contribution in [0.3, 0.4) is 0 Å². The lowest BCUT2D eigenvalue weighted by molar-refractivity contribution is 0.0944. The summed E-state index contributed by atoms with van der Waals surface area (Å²) in [6.45, 7) is 4.82. The molecule has 8 heteroatoms. The number of rotatable bonds is 5. The second-order valence-electron chi connectivity index (χ2n) is 8.10. The zero-order chi connectivity index (χ0) is 21.5. The first-order chi connectivity index (χ1) is 15.0. The third kappa shape index (κ3) is 3.72. The van der Waals surface area contributed by atoms with Gasteiger partial charge in [-0.1, -0.05) is 30.3 Å². The summed E-state index contributed by atoms with van der Waals surface area (Å²) in [4.78, 5) is 23.8. The molecule has 1 aromatic carbocycles. The van der Waals surface area contributed by atoms with E-state index in [1.54, 1.807) is 22.2 Å². The quantitative estimate of drug-likeness (QED) is 0.441. The number of Topliss-reactive ketones (excluding diaryl/α,β-unsaturated/α-hetero) is 1. The first-order valence-electron chi connectivity index (χ1n) is 10.5. The van der Waals surface area contributed by atoms with E-state index in [1.807, 2.05) is 55.9 Å². The summed E-state index contributed by atoms with van der Waals surface area (Å²) in [7, 11) is 1.83. The Kier molecular flexibility index (Phi) is 5.02. The second kappa shape index (κ2) is 7.85. The van der Waals surface area contributed by atoms with Gasteiger partial charge in [0, 0.05) is 36.9 Å². The number of ketones is 1. The molecular weight excluding hydrogens is 408 g/mol. The molecule has 0 saturated carbocycles. The zero-order valence-electron chi connectivity index (χ0n) is 17.9. The van der Waals surface area contributed by atoms with Gasteiger partial charge in [0.25, 0.3) is 0 Å².